The van der Waals surface area contributed by atoms with Crippen LogP contribution in [-0.2, 0) is 0 Å². The average molecular weight is 358 g/mol. The number of hydrogen-bond donors (Lipinski definition) is 1. The van der Waals surface area contributed by atoms with Gasteiger partial charge in [0.2, 0.25) is 0 Å². The molecule has 1 heterocycles. The Morgan fingerprint density at radius 3 is 2.43 bits per heavy atom. The number of benzene rings is 1. The normalized spacial score (nSPS) is 17.0. The van der Waals surface area contributed by atoms with Gasteiger partial charge in [-0.1, -0.05) is 25.4 Å². The van der Waals surface area contributed by atoms with Crippen LogP contribution in [0.15, 0.2) is 18.2 Å². The fraction of sp³-hybridized carbons (Fsp3) is 0.600. The van der Waals surface area contributed by atoms with Gasteiger partial charge >= 0.3 is 0 Å². The van der Waals surface area contributed by atoms with E-state index in [4.69, 9.17) is 11.6 Å². The molecule has 0 amide bonds. The highest BCUT2D eigenvalue weighted by Gasteiger charge is 2.25. The van der Waals surface area contributed by atoms with Gasteiger partial charge in [-0.2, -0.15) is 0 Å². The Hall–Kier alpha value is -0.0600. The summed E-state index contributed by atoms with van der Waals surface area (Å²) >= 11 is 6.04. The van der Waals surface area contributed by atoms with Crippen molar-refractivity contribution in [3.63, 3.8) is 0 Å². The molecule has 1 N–H and O–H groups in total. The second kappa shape index (κ2) is 9.86. The molecule has 0 bridgehead atoms. The maximum atomic E-state index is 14.1. The van der Waals surface area contributed by atoms with Crippen molar-refractivity contribution in [3.05, 3.63) is 34.6 Å². The number of halogens is 4. The summed E-state index contributed by atoms with van der Waals surface area (Å²) in [7, 11) is 0. The zero-order chi connectivity index (χ0) is 13.8. The number of nitrogens with zero attached hydrogens (tertiary/aromatic N) is 1. The van der Waals surface area contributed by atoms with E-state index in [0.29, 0.717) is 10.9 Å². The van der Waals surface area contributed by atoms with Crippen molar-refractivity contribution >= 4 is 36.4 Å². The fourth-order valence-corrected chi connectivity index (χ4v) is 2.86. The quantitative estimate of drug-likeness (QED) is 0.863. The van der Waals surface area contributed by atoms with E-state index in [1.807, 2.05) is 0 Å². The summed E-state index contributed by atoms with van der Waals surface area (Å²) in [5.41, 5.74) is 0.739. The van der Waals surface area contributed by atoms with Gasteiger partial charge in [-0.15, -0.1) is 24.8 Å². The van der Waals surface area contributed by atoms with Crippen LogP contribution >= 0.6 is 36.4 Å². The van der Waals surface area contributed by atoms with Gasteiger partial charge in [0.1, 0.15) is 5.82 Å². The first-order valence-corrected chi connectivity index (χ1v) is 7.35. The van der Waals surface area contributed by atoms with Gasteiger partial charge in [0.05, 0.1) is 0 Å². The van der Waals surface area contributed by atoms with Crippen molar-refractivity contribution in [1.29, 1.82) is 0 Å². The van der Waals surface area contributed by atoms with Gasteiger partial charge in [-0.05, 0) is 30.5 Å². The van der Waals surface area contributed by atoms with Crippen LogP contribution in [0.5, 0.6) is 0 Å². The van der Waals surface area contributed by atoms with Gasteiger partial charge in [0.15, 0.2) is 0 Å². The molecule has 2 nitrogen and oxygen atoms in total. The molecule has 1 aliphatic rings. The Labute approximate surface area is 144 Å². The molecule has 1 aromatic rings. The Kier molecular flexibility index (Phi) is 9.83. The summed E-state index contributed by atoms with van der Waals surface area (Å²) in [6.07, 6.45) is 0.956. The summed E-state index contributed by atoms with van der Waals surface area (Å²) in [5.74, 6) is 0.381. The van der Waals surface area contributed by atoms with Crippen LogP contribution in [-0.4, -0.2) is 31.1 Å². The summed E-state index contributed by atoms with van der Waals surface area (Å²) in [5, 5.41) is 3.95. The molecule has 21 heavy (non-hydrogen) atoms. The molecule has 1 aromatic carbocycles. The minimum absolute atomic E-state index is 0. The van der Waals surface area contributed by atoms with E-state index in [-0.39, 0.29) is 36.7 Å². The third kappa shape index (κ3) is 5.91. The zero-order valence-electron chi connectivity index (χ0n) is 12.4. The minimum Gasteiger partial charge on any atom is -0.314 e. The maximum Gasteiger partial charge on any atom is 0.128 e. The smallest absolute Gasteiger partial charge is 0.128 e. The zero-order valence-corrected chi connectivity index (χ0v) is 14.8. The Morgan fingerprint density at radius 1 is 1.24 bits per heavy atom. The van der Waals surface area contributed by atoms with Gasteiger partial charge in [-0.25, -0.2) is 4.39 Å². The molecule has 1 atom stereocenters. The molecule has 0 aliphatic carbocycles. The van der Waals surface area contributed by atoms with Crippen LogP contribution in [0.4, 0.5) is 4.39 Å². The molecule has 1 saturated heterocycles. The van der Waals surface area contributed by atoms with Gasteiger partial charge in [0.25, 0.3) is 0 Å². The standard InChI is InChI=1S/C15H22ClFN2.2ClH/c1-11(2)9-15(19-7-5-18-6-8-19)13-10-12(16)3-4-14(13)17;;/h3-4,10-11,15,18H,5-9H2,1-2H3;2*1H/t15-;;/m1../s1. The van der Waals surface area contributed by atoms with Crippen LogP contribution < -0.4 is 5.32 Å². The van der Waals surface area contributed by atoms with Crippen LogP contribution in [0, 0.1) is 11.7 Å². The number of hydrogen-bond acceptors (Lipinski definition) is 2. The van der Waals surface area contributed by atoms with E-state index in [1.54, 1.807) is 12.1 Å². The molecule has 2 rings (SSSR count). The van der Waals surface area contributed by atoms with E-state index >= 15 is 0 Å². The number of nitrogens with one attached hydrogen (secondary N) is 1. The maximum absolute atomic E-state index is 14.1. The lowest BCUT2D eigenvalue weighted by Gasteiger charge is -2.36. The van der Waals surface area contributed by atoms with E-state index < -0.39 is 0 Å². The van der Waals surface area contributed by atoms with Gasteiger partial charge in [0, 0.05) is 42.8 Å². The first kappa shape index (κ1) is 20.9. The molecule has 6 heteroatoms. The molecule has 0 radical (unpaired) electrons. The monoisotopic (exact) mass is 356 g/mol. The predicted octanol–water partition coefficient (Wildman–Crippen LogP) is 4.32. The Balaban J connectivity index is 0.00000200. The highest BCUT2D eigenvalue weighted by Crippen LogP contribution is 2.31. The lowest BCUT2D eigenvalue weighted by atomic mass is 9.94. The lowest BCUT2D eigenvalue weighted by Crippen LogP contribution is -2.45. The van der Waals surface area contributed by atoms with Crippen LogP contribution in [0.25, 0.3) is 0 Å². The van der Waals surface area contributed by atoms with E-state index in [0.717, 1.165) is 38.2 Å². The topological polar surface area (TPSA) is 15.3 Å². The van der Waals surface area contributed by atoms with Crippen molar-refractivity contribution in [2.75, 3.05) is 26.2 Å². The molecule has 0 saturated carbocycles. The summed E-state index contributed by atoms with van der Waals surface area (Å²) in [6.45, 7) is 8.22. The molecule has 1 fully saturated rings. The van der Waals surface area contributed by atoms with Crippen molar-refractivity contribution in [2.24, 2.45) is 5.92 Å². The molecule has 122 valence electrons. The van der Waals surface area contributed by atoms with Gasteiger partial charge in [-0.3, -0.25) is 4.90 Å². The molecule has 1 aliphatic heterocycles. The third-order valence-corrected chi connectivity index (χ3v) is 3.84. The second-order valence-corrected chi connectivity index (χ2v) is 6.03. The summed E-state index contributed by atoms with van der Waals surface area (Å²) in [4.78, 5) is 2.37. The SMILES string of the molecule is CC(C)C[C@H](c1cc(Cl)ccc1F)N1CCNCC1.Cl.Cl. The third-order valence-electron chi connectivity index (χ3n) is 3.60. The van der Waals surface area contributed by atoms with Gasteiger partial charge < -0.3 is 5.32 Å². The molecule has 0 aromatic heterocycles. The lowest BCUT2D eigenvalue weighted by molar-refractivity contribution is 0.151. The summed E-state index contributed by atoms with van der Waals surface area (Å²) in [6, 6.07) is 5.00. The van der Waals surface area contributed by atoms with E-state index in [1.165, 1.54) is 6.07 Å². The minimum atomic E-state index is -0.145. The highest BCUT2D eigenvalue weighted by atomic mass is 35.5. The largest absolute Gasteiger partial charge is 0.314 e. The Morgan fingerprint density at radius 2 is 1.86 bits per heavy atom. The van der Waals surface area contributed by atoms with E-state index in [9.17, 15) is 4.39 Å². The van der Waals surface area contributed by atoms with Crippen LogP contribution in [0.2, 0.25) is 5.02 Å². The van der Waals surface area contributed by atoms with Crippen molar-refractivity contribution in [3.8, 4) is 0 Å². The second-order valence-electron chi connectivity index (χ2n) is 5.60. The first-order valence-electron chi connectivity index (χ1n) is 6.97. The molecule has 0 spiro atoms. The van der Waals surface area contributed by atoms with E-state index in [2.05, 4.69) is 24.1 Å². The van der Waals surface area contributed by atoms with Crippen LogP contribution in [0.1, 0.15) is 31.9 Å². The Bertz CT molecular complexity index is 423. The first-order chi connectivity index (χ1) is 9.08. The van der Waals surface area contributed by atoms with Crippen LogP contribution in [0.3, 0.4) is 0 Å². The van der Waals surface area contributed by atoms with Crippen molar-refractivity contribution < 1.29 is 4.39 Å². The highest BCUT2D eigenvalue weighted by molar-refractivity contribution is 6.30. The fourth-order valence-electron chi connectivity index (χ4n) is 2.68. The summed E-state index contributed by atoms with van der Waals surface area (Å²) < 4.78 is 14.1. The number of piperazine rings is 1. The number of rotatable bonds is 4. The predicted molar refractivity (Wildman–Crippen MR) is 92.5 cm³/mol. The average Bonchev–Trinajstić information content (AvgIpc) is 2.40. The molecule has 0 unspecified atom stereocenters. The van der Waals surface area contributed by atoms with Crippen molar-refractivity contribution in [2.45, 2.75) is 26.3 Å². The molecular formula is C15H24Cl3FN2. The molecular weight excluding hydrogens is 334 g/mol. The van der Waals surface area contributed by atoms with Crippen molar-refractivity contribution in [1.82, 2.24) is 10.2 Å².